The minimum Gasteiger partial charge on any atom is -0.356 e. The zero-order valence-electron chi connectivity index (χ0n) is 7.02. The SMILES string of the molecule is C=C(CC)CC1CCNC1=O. The Bertz CT molecular complexity index is 174. The van der Waals surface area contributed by atoms with E-state index >= 15 is 0 Å². The summed E-state index contributed by atoms with van der Waals surface area (Å²) in [5.41, 5.74) is 1.19. The third-order valence-electron chi connectivity index (χ3n) is 2.20. The monoisotopic (exact) mass is 153 g/mol. The van der Waals surface area contributed by atoms with Crippen molar-refractivity contribution in [2.45, 2.75) is 26.2 Å². The quantitative estimate of drug-likeness (QED) is 0.611. The topological polar surface area (TPSA) is 29.1 Å². The molecule has 62 valence electrons. The Balaban J connectivity index is 2.36. The lowest BCUT2D eigenvalue weighted by molar-refractivity contribution is -0.122. The van der Waals surface area contributed by atoms with Crippen LogP contribution in [0.3, 0.4) is 0 Å². The van der Waals surface area contributed by atoms with Gasteiger partial charge >= 0.3 is 0 Å². The first-order valence-electron chi connectivity index (χ1n) is 4.18. The van der Waals surface area contributed by atoms with Crippen LogP contribution in [-0.2, 0) is 4.79 Å². The van der Waals surface area contributed by atoms with E-state index in [0.29, 0.717) is 0 Å². The lowest BCUT2D eigenvalue weighted by atomic mass is 9.98. The summed E-state index contributed by atoms with van der Waals surface area (Å²) in [4.78, 5) is 11.1. The number of rotatable bonds is 3. The van der Waals surface area contributed by atoms with Crippen molar-refractivity contribution in [3.8, 4) is 0 Å². The standard InChI is InChI=1S/C9H15NO/c1-3-7(2)6-8-4-5-10-9(8)11/h8H,2-6H2,1H3,(H,10,11). The van der Waals surface area contributed by atoms with Gasteiger partial charge in [0, 0.05) is 12.5 Å². The molecule has 0 radical (unpaired) electrons. The molecule has 1 atom stereocenters. The zero-order valence-corrected chi connectivity index (χ0v) is 7.02. The molecule has 1 unspecified atom stereocenters. The molecule has 0 spiro atoms. The van der Waals surface area contributed by atoms with E-state index in [9.17, 15) is 4.79 Å². The van der Waals surface area contributed by atoms with Gasteiger partial charge in [0.25, 0.3) is 0 Å². The molecule has 1 aliphatic rings. The maximum absolute atomic E-state index is 11.1. The Morgan fingerprint density at radius 3 is 3.00 bits per heavy atom. The summed E-state index contributed by atoms with van der Waals surface area (Å²) in [6.45, 7) is 6.82. The second-order valence-electron chi connectivity index (χ2n) is 3.08. The summed E-state index contributed by atoms with van der Waals surface area (Å²) in [6, 6.07) is 0. The van der Waals surface area contributed by atoms with Crippen LogP contribution in [0.5, 0.6) is 0 Å². The summed E-state index contributed by atoms with van der Waals surface area (Å²) in [6.07, 6.45) is 2.85. The molecule has 1 aliphatic heterocycles. The molecule has 0 bridgehead atoms. The van der Waals surface area contributed by atoms with Crippen molar-refractivity contribution in [1.82, 2.24) is 5.32 Å². The molecule has 2 nitrogen and oxygen atoms in total. The van der Waals surface area contributed by atoms with Crippen molar-refractivity contribution in [2.75, 3.05) is 6.54 Å². The number of nitrogens with one attached hydrogen (secondary N) is 1. The molecule has 2 heteroatoms. The molecule has 0 aliphatic carbocycles. The van der Waals surface area contributed by atoms with E-state index in [1.165, 1.54) is 5.57 Å². The van der Waals surface area contributed by atoms with Gasteiger partial charge in [0.2, 0.25) is 5.91 Å². The maximum atomic E-state index is 11.1. The fraction of sp³-hybridized carbons (Fsp3) is 0.667. The van der Waals surface area contributed by atoms with E-state index in [1.807, 2.05) is 0 Å². The normalized spacial score (nSPS) is 23.4. The van der Waals surface area contributed by atoms with Gasteiger partial charge < -0.3 is 5.32 Å². The highest BCUT2D eigenvalue weighted by Gasteiger charge is 2.23. The Morgan fingerprint density at radius 1 is 1.82 bits per heavy atom. The van der Waals surface area contributed by atoms with Gasteiger partial charge in [-0.25, -0.2) is 0 Å². The molecule has 0 aromatic heterocycles. The summed E-state index contributed by atoms with van der Waals surface area (Å²) in [7, 11) is 0. The Labute approximate surface area is 67.7 Å². The molecule has 11 heavy (non-hydrogen) atoms. The molecular formula is C9H15NO. The van der Waals surface area contributed by atoms with E-state index in [-0.39, 0.29) is 11.8 Å². The average molecular weight is 153 g/mol. The van der Waals surface area contributed by atoms with Gasteiger partial charge in [0.15, 0.2) is 0 Å². The molecule has 0 aromatic carbocycles. The van der Waals surface area contributed by atoms with Crippen LogP contribution in [0.2, 0.25) is 0 Å². The van der Waals surface area contributed by atoms with Crippen molar-refractivity contribution in [3.63, 3.8) is 0 Å². The molecule has 1 N–H and O–H groups in total. The van der Waals surface area contributed by atoms with Crippen LogP contribution >= 0.6 is 0 Å². The van der Waals surface area contributed by atoms with E-state index in [4.69, 9.17) is 0 Å². The van der Waals surface area contributed by atoms with E-state index in [0.717, 1.165) is 25.8 Å². The first-order chi connectivity index (χ1) is 5.24. The predicted octanol–water partition coefficient (Wildman–Crippen LogP) is 1.48. The molecular weight excluding hydrogens is 138 g/mol. The minimum absolute atomic E-state index is 0.208. The fourth-order valence-electron chi connectivity index (χ4n) is 1.33. The van der Waals surface area contributed by atoms with Crippen LogP contribution in [0, 0.1) is 5.92 Å². The Hall–Kier alpha value is -0.790. The summed E-state index contributed by atoms with van der Waals surface area (Å²) < 4.78 is 0. The lowest BCUT2D eigenvalue weighted by Gasteiger charge is -2.06. The highest BCUT2D eigenvalue weighted by atomic mass is 16.2. The van der Waals surface area contributed by atoms with Gasteiger partial charge in [0.1, 0.15) is 0 Å². The van der Waals surface area contributed by atoms with Gasteiger partial charge in [-0.05, 0) is 19.3 Å². The van der Waals surface area contributed by atoms with E-state index in [2.05, 4.69) is 18.8 Å². The van der Waals surface area contributed by atoms with Gasteiger partial charge in [-0.3, -0.25) is 4.79 Å². The number of hydrogen-bond acceptors (Lipinski definition) is 1. The summed E-state index contributed by atoms with van der Waals surface area (Å²) in [5, 5.41) is 2.82. The van der Waals surface area contributed by atoms with E-state index < -0.39 is 0 Å². The Kier molecular flexibility index (Phi) is 2.69. The van der Waals surface area contributed by atoms with Crippen LogP contribution in [0.4, 0.5) is 0 Å². The molecule has 1 saturated heterocycles. The second-order valence-corrected chi connectivity index (χ2v) is 3.08. The summed E-state index contributed by atoms with van der Waals surface area (Å²) >= 11 is 0. The van der Waals surface area contributed by atoms with Crippen LogP contribution in [-0.4, -0.2) is 12.5 Å². The van der Waals surface area contributed by atoms with Crippen LogP contribution < -0.4 is 5.32 Å². The van der Waals surface area contributed by atoms with Crippen LogP contribution in [0.25, 0.3) is 0 Å². The molecule has 1 amide bonds. The van der Waals surface area contributed by atoms with Crippen LogP contribution in [0.1, 0.15) is 26.2 Å². The average Bonchev–Trinajstić information content (AvgIpc) is 2.37. The largest absolute Gasteiger partial charge is 0.356 e. The first-order valence-corrected chi connectivity index (χ1v) is 4.18. The number of allylic oxidation sites excluding steroid dienone is 1. The second kappa shape index (κ2) is 3.56. The first kappa shape index (κ1) is 8.31. The van der Waals surface area contributed by atoms with E-state index in [1.54, 1.807) is 0 Å². The highest BCUT2D eigenvalue weighted by Crippen LogP contribution is 2.19. The predicted molar refractivity (Wildman–Crippen MR) is 45.2 cm³/mol. The number of amides is 1. The molecule has 1 heterocycles. The number of hydrogen-bond donors (Lipinski definition) is 1. The Morgan fingerprint density at radius 2 is 2.55 bits per heavy atom. The van der Waals surface area contributed by atoms with Gasteiger partial charge in [-0.2, -0.15) is 0 Å². The van der Waals surface area contributed by atoms with Gasteiger partial charge in [0.05, 0.1) is 0 Å². The van der Waals surface area contributed by atoms with Crippen molar-refractivity contribution in [2.24, 2.45) is 5.92 Å². The van der Waals surface area contributed by atoms with Crippen molar-refractivity contribution >= 4 is 5.91 Å². The maximum Gasteiger partial charge on any atom is 0.223 e. The molecule has 1 fully saturated rings. The third-order valence-corrected chi connectivity index (χ3v) is 2.20. The van der Waals surface area contributed by atoms with Crippen molar-refractivity contribution in [3.05, 3.63) is 12.2 Å². The number of carbonyl (C=O) groups is 1. The third kappa shape index (κ3) is 2.07. The van der Waals surface area contributed by atoms with Gasteiger partial charge in [-0.15, -0.1) is 0 Å². The van der Waals surface area contributed by atoms with Crippen LogP contribution in [0.15, 0.2) is 12.2 Å². The highest BCUT2D eigenvalue weighted by molar-refractivity contribution is 5.80. The fourth-order valence-corrected chi connectivity index (χ4v) is 1.33. The van der Waals surface area contributed by atoms with Crippen molar-refractivity contribution in [1.29, 1.82) is 0 Å². The van der Waals surface area contributed by atoms with Crippen molar-refractivity contribution < 1.29 is 4.79 Å². The lowest BCUT2D eigenvalue weighted by Crippen LogP contribution is -2.19. The zero-order chi connectivity index (χ0) is 8.27. The number of carbonyl (C=O) groups excluding carboxylic acids is 1. The molecule has 1 rings (SSSR count). The minimum atomic E-state index is 0.208. The summed E-state index contributed by atoms with van der Waals surface area (Å²) in [5.74, 6) is 0.419. The molecule has 0 saturated carbocycles. The van der Waals surface area contributed by atoms with Gasteiger partial charge in [-0.1, -0.05) is 19.1 Å². The smallest absolute Gasteiger partial charge is 0.223 e. The molecule has 0 aromatic rings.